The second kappa shape index (κ2) is 7.36. The molecule has 0 radical (unpaired) electrons. The monoisotopic (exact) mass is 322 g/mol. The molecule has 0 saturated carbocycles. The third-order valence-electron chi connectivity index (χ3n) is 2.26. The van der Waals surface area contributed by atoms with Crippen LogP contribution in [0.3, 0.4) is 0 Å². The maximum Gasteiger partial charge on any atom is 0.404 e. The maximum absolute atomic E-state index is 14.3. The molecule has 0 saturated heterocycles. The minimum atomic E-state index is -4.57. The van der Waals surface area contributed by atoms with Crippen LogP contribution in [-0.4, -0.2) is 18.9 Å². The highest BCUT2D eigenvalue weighted by atomic mass is 32.2. The largest absolute Gasteiger partial charge is 0.404 e. The van der Waals surface area contributed by atoms with Crippen molar-refractivity contribution in [2.75, 3.05) is 13.2 Å². The topological polar surface area (TPSA) is 35.5 Å². The molecule has 1 aromatic carbocycles. The average Bonchev–Trinajstić information content (AvgIpc) is 2.40. The molecule has 0 spiro atoms. The predicted octanol–water partition coefficient (Wildman–Crippen LogP) is 5.15. The SMILES string of the molecule is C=C(Sc1ccccc1)C(F)(F)P(=O)(OCC)OCC. The van der Waals surface area contributed by atoms with Crippen molar-refractivity contribution in [3.05, 3.63) is 41.8 Å². The first-order valence-corrected chi connectivity index (χ1v) is 8.42. The first kappa shape index (κ1) is 17.4. The lowest BCUT2D eigenvalue weighted by Gasteiger charge is -2.26. The Bertz CT molecular complexity index is 484. The molecule has 0 N–H and O–H groups in total. The Balaban J connectivity index is 2.95. The van der Waals surface area contributed by atoms with Crippen molar-refractivity contribution in [2.24, 2.45) is 0 Å². The molecule has 1 rings (SSSR count). The zero-order valence-electron chi connectivity index (χ0n) is 11.3. The zero-order chi connectivity index (χ0) is 15.2. The van der Waals surface area contributed by atoms with E-state index in [1.807, 2.05) is 0 Å². The van der Waals surface area contributed by atoms with E-state index in [0.29, 0.717) is 4.90 Å². The molecule has 0 fully saturated rings. The molecule has 1 aromatic rings. The molecule has 0 atom stereocenters. The normalized spacial score (nSPS) is 12.4. The van der Waals surface area contributed by atoms with Crippen molar-refractivity contribution in [3.63, 3.8) is 0 Å². The van der Waals surface area contributed by atoms with Crippen molar-refractivity contribution < 1.29 is 22.4 Å². The van der Waals surface area contributed by atoms with Crippen LogP contribution in [0, 0.1) is 0 Å². The van der Waals surface area contributed by atoms with Crippen LogP contribution in [0.5, 0.6) is 0 Å². The third-order valence-corrected chi connectivity index (χ3v) is 5.58. The maximum atomic E-state index is 14.3. The number of halogens is 2. The van der Waals surface area contributed by atoms with Crippen LogP contribution in [0.2, 0.25) is 0 Å². The van der Waals surface area contributed by atoms with Gasteiger partial charge in [0, 0.05) is 4.90 Å². The predicted molar refractivity (Wildman–Crippen MR) is 77.2 cm³/mol. The van der Waals surface area contributed by atoms with E-state index in [1.54, 1.807) is 30.3 Å². The van der Waals surface area contributed by atoms with Crippen LogP contribution in [0.4, 0.5) is 8.78 Å². The van der Waals surface area contributed by atoms with Gasteiger partial charge < -0.3 is 9.05 Å². The van der Waals surface area contributed by atoms with Gasteiger partial charge >= 0.3 is 13.3 Å². The number of rotatable bonds is 8. The Labute approximate surface area is 121 Å². The highest BCUT2D eigenvalue weighted by Gasteiger charge is 2.55. The molecular weight excluding hydrogens is 305 g/mol. The Morgan fingerprint density at radius 2 is 1.75 bits per heavy atom. The second-order valence-corrected chi connectivity index (χ2v) is 6.95. The van der Waals surface area contributed by atoms with Crippen molar-refractivity contribution in [3.8, 4) is 0 Å². The number of benzene rings is 1. The summed E-state index contributed by atoms with van der Waals surface area (Å²) in [6, 6.07) is 8.55. The first-order chi connectivity index (χ1) is 9.37. The molecule has 0 heterocycles. The fourth-order valence-corrected chi connectivity index (χ4v) is 3.94. The van der Waals surface area contributed by atoms with Crippen molar-refractivity contribution >= 4 is 19.4 Å². The van der Waals surface area contributed by atoms with Crippen molar-refractivity contribution in [1.82, 2.24) is 0 Å². The fourth-order valence-electron chi connectivity index (χ4n) is 1.38. The Morgan fingerprint density at radius 3 is 2.20 bits per heavy atom. The van der Waals surface area contributed by atoms with E-state index < -0.39 is 18.2 Å². The van der Waals surface area contributed by atoms with Crippen molar-refractivity contribution in [1.29, 1.82) is 0 Å². The lowest BCUT2D eigenvalue weighted by atomic mass is 10.4. The second-order valence-electron chi connectivity index (χ2n) is 3.71. The number of thioether (sulfide) groups is 1. The van der Waals surface area contributed by atoms with Gasteiger partial charge in [0.05, 0.1) is 18.1 Å². The van der Waals surface area contributed by atoms with E-state index in [1.165, 1.54) is 13.8 Å². The van der Waals surface area contributed by atoms with Crippen LogP contribution in [0.25, 0.3) is 0 Å². The van der Waals surface area contributed by atoms with Gasteiger partial charge in [-0.05, 0) is 26.0 Å². The van der Waals surface area contributed by atoms with E-state index in [2.05, 4.69) is 6.58 Å². The standard InChI is InChI=1S/C13H17F2O3PS/c1-4-17-19(16,18-5-2)13(14,15)11(3)20-12-9-7-6-8-10-12/h6-10H,3-5H2,1-2H3. The van der Waals surface area contributed by atoms with E-state index in [4.69, 9.17) is 9.05 Å². The molecule has 0 aliphatic heterocycles. The van der Waals surface area contributed by atoms with Crippen LogP contribution >= 0.6 is 19.4 Å². The Morgan fingerprint density at radius 1 is 1.25 bits per heavy atom. The van der Waals surface area contributed by atoms with Crippen molar-refractivity contribution in [2.45, 2.75) is 24.4 Å². The van der Waals surface area contributed by atoms with Gasteiger partial charge in [-0.1, -0.05) is 36.5 Å². The third kappa shape index (κ3) is 3.92. The molecule has 20 heavy (non-hydrogen) atoms. The summed E-state index contributed by atoms with van der Waals surface area (Å²) in [5, 5.41) is 0. The van der Waals surface area contributed by atoms with E-state index in [9.17, 15) is 13.3 Å². The fraction of sp³-hybridized carbons (Fsp3) is 0.385. The summed E-state index contributed by atoms with van der Waals surface area (Å²) in [5.74, 6) is 0. The van der Waals surface area contributed by atoms with Crippen LogP contribution in [0.1, 0.15) is 13.8 Å². The van der Waals surface area contributed by atoms with Gasteiger partial charge in [0.25, 0.3) is 0 Å². The molecule has 7 heteroatoms. The summed E-state index contributed by atoms with van der Waals surface area (Å²) in [6.07, 6.45) is 0. The average molecular weight is 322 g/mol. The van der Waals surface area contributed by atoms with E-state index in [0.717, 1.165) is 11.8 Å². The van der Waals surface area contributed by atoms with Gasteiger partial charge in [0.2, 0.25) is 0 Å². The smallest absolute Gasteiger partial charge is 0.304 e. The summed E-state index contributed by atoms with van der Waals surface area (Å²) in [5.41, 5.74) is -3.75. The number of hydrogen-bond acceptors (Lipinski definition) is 4. The summed E-state index contributed by atoms with van der Waals surface area (Å²) in [6.45, 7) is 6.04. The summed E-state index contributed by atoms with van der Waals surface area (Å²) >= 11 is 0.752. The van der Waals surface area contributed by atoms with Crippen LogP contribution in [0.15, 0.2) is 46.7 Å². The molecular formula is C13H17F2O3PS. The first-order valence-electron chi connectivity index (χ1n) is 6.06. The van der Waals surface area contributed by atoms with Gasteiger partial charge in [-0.3, -0.25) is 4.57 Å². The van der Waals surface area contributed by atoms with Gasteiger partial charge in [-0.2, -0.15) is 8.78 Å². The van der Waals surface area contributed by atoms with E-state index >= 15 is 0 Å². The number of allylic oxidation sites excluding steroid dienone is 1. The molecule has 0 aliphatic rings. The Hall–Kier alpha value is -0.680. The molecule has 3 nitrogen and oxygen atoms in total. The van der Waals surface area contributed by atoms with Gasteiger partial charge in [-0.25, -0.2) is 0 Å². The highest BCUT2D eigenvalue weighted by molar-refractivity contribution is 8.03. The highest BCUT2D eigenvalue weighted by Crippen LogP contribution is 2.66. The summed E-state index contributed by atoms with van der Waals surface area (Å²) < 4.78 is 50.2. The zero-order valence-corrected chi connectivity index (χ0v) is 13.1. The minimum absolute atomic E-state index is 0.129. The molecule has 0 aromatic heterocycles. The van der Waals surface area contributed by atoms with Crippen LogP contribution in [-0.2, 0) is 13.6 Å². The molecule has 112 valence electrons. The summed E-state index contributed by atoms with van der Waals surface area (Å²) in [4.78, 5) is 0.0191. The molecule has 0 bridgehead atoms. The number of hydrogen-bond donors (Lipinski definition) is 0. The van der Waals surface area contributed by atoms with Gasteiger partial charge in [0.15, 0.2) is 0 Å². The molecule has 0 unspecified atom stereocenters. The van der Waals surface area contributed by atoms with Gasteiger partial charge in [0.1, 0.15) is 0 Å². The minimum Gasteiger partial charge on any atom is -0.304 e. The molecule has 0 aliphatic carbocycles. The lowest BCUT2D eigenvalue weighted by Crippen LogP contribution is -2.21. The Kier molecular flexibility index (Phi) is 6.40. The molecule has 0 amide bonds. The van der Waals surface area contributed by atoms with Crippen LogP contribution < -0.4 is 0 Å². The quantitative estimate of drug-likeness (QED) is 0.490. The lowest BCUT2D eigenvalue weighted by molar-refractivity contribution is 0.0767. The van der Waals surface area contributed by atoms with Gasteiger partial charge in [-0.15, -0.1) is 0 Å². The number of alkyl halides is 2. The summed E-state index contributed by atoms with van der Waals surface area (Å²) in [7, 11) is -4.57. The van der Waals surface area contributed by atoms with E-state index in [-0.39, 0.29) is 13.2 Å².